The average molecular weight is 216 g/mol. The van der Waals surface area contributed by atoms with Gasteiger partial charge in [0.05, 0.1) is 0 Å². The molecule has 0 atom stereocenters. The number of amides is 1. The summed E-state index contributed by atoms with van der Waals surface area (Å²) in [7, 11) is 0. The number of H-pyrrole nitrogens is 1. The van der Waals surface area contributed by atoms with Gasteiger partial charge in [-0.15, -0.1) is 0 Å². The van der Waals surface area contributed by atoms with Gasteiger partial charge in [0.2, 0.25) is 5.91 Å². The van der Waals surface area contributed by atoms with Gasteiger partial charge in [0, 0.05) is 13.0 Å². The lowest BCUT2D eigenvalue weighted by molar-refractivity contribution is -0.118. The van der Waals surface area contributed by atoms with Gasteiger partial charge in [-0.2, -0.15) is 5.10 Å². The van der Waals surface area contributed by atoms with Gasteiger partial charge in [0.25, 0.3) is 0 Å². The molecule has 78 valence electrons. The lowest BCUT2D eigenvalue weighted by atomic mass is 10.3. The molecule has 14 heavy (non-hydrogen) atoms. The van der Waals surface area contributed by atoms with Crippen LogP contribution in [-0.4, -0.2) is 25.8 Å². The molecule has 0 spiro atoms. The van der Waals surface area contributed by atoms with Crippen molar-refractivity contribution < 1.29 is 9.90 Å². The molecule has 6 nitrogen and oxygen atoms in total. The molecule has 0 saturated carbocycles. The molecule has 0 saturated heterocycles. The van der Waals surface area contributed by atoms with E-state index in [0.717, 1.165) is 0 Å². The fraction of sp³-hybridized carbons (Fsp3) is 0.571. The molecule has 0 bridgehead atoms. The highest BCUT2D eigenvalue weighted by atomic mass is 32.1. The number of aromatic nitrogens is 3. The van der Waals surface area contributed by atoms with Gasteiger partial charge in [0.15, 0.2) is 10.6 Å². The van der Waals surface area contributed by atoms with E-state index in [-0.39, 0.29) is 12.5 Å². The number of carbonyl (C=O) groups is 1. The van der Waals surface area contributed by atoms with Crippen LogP contribution in [-0.2, 0) is 17.9 Å². The van der Waals surface area contributed by atoms with Crippen molar-refractivity contribution in [1.29, 1.82) is 0 Å². The zero-order valence-electron chi connectivity index (χ0n) is 7.56. The molecule has 4 N–H and O–H groups in total. The van der Waals surface area contributed by atoms with Crippen LogP contribution < -0.4 is 5.73 Å². The molecule has 1 aromatic heterocycles. The van der Waals surface area contributed by atoms with Crippen LogP contribution in [0.3, 0.4) is 0 Å². The summed E-state index contributed by atoms with van der Waals surface area (Å²) in [6, 6.07) is 0. The summed E-state index contributed by atoms with van der Waals surface area (Å²) < 4.78 is 2.09. The molecule has 1 rings (SSSR count). The van der Waals surface area contributed by atoms with Crippen molar-refractivity contribution in [1.82, 2.24) is 14.8 Å². The maximum atomic E-state index is 10.5. The number of nitrogens with one attached hydrogen (secondary N) is 1. The summed E-state index contributed by atoms with van der Waals surface area (Å²) in [5.41, 5.74) is 4.99. The quantitative estimate of drug-likeness (QED) is 0.588. The Hall–Kier alpha value is -1.21. The first-order valence-electron chi connectivity index (χ1n) is 4.18. The van der Waals surface area contributed by atoms with Gasteiger partial charge < -0.3 is 15.4 Å². The highest BCUT2D eigenvalue weighted by Crippen LogP contribution is 2.01. The Morgan fingerprint density at radius 3 is 3.00 bits per heavy atom. The van der Waals surface area contributed by atoms with Gasteiger partial charge >= 0.3 is 0 Å². The van der Waals surface area contributed by atoms with Gasteiger partial charge in [-0.25, -0.2) is 0 Å². The minimum atomic E-state index is -0.342. The molecule has 1 aromatic rings. The van der Waals surface area contributed by atoms with E-state index in [1.165, 1.54) is 0 Å². The lowest BCUT2D eigenvalue weighted by Crippen LogP contribution is -2.12. The van der Waals surface area contributed by atoms with E-state index in [1.54, 1.807) is 4.57 Å². The summed E-state index contributed by atoms with van der Waals surface area (Å²) in [5, 5.41) is 15.3. The Kier molecular flexibility index (Phi) is 3.78. The Bertz CT molecular complexity index is 370. The highest BCUT2D eigenvalue weighted by Gasteiger charge is 2.04. The molecular formula is C7H12N4O2S. The maximum Gasteiger partial charge on any atom is 0.217 e. The van der Waals surface area contributed by atoms with E-state index in [2.05, 4.69) is 10.2 Å². The summed E-state index contributed by atoms with van der Waals surface area (Å²) in [6.07, 6.45) is 0.897. The molecule has 0 aliphatic rings. The Balaban J connectivity index is 2.61. The Labute approximate surface area is 85.7 Å². The highest BCUT2D eigenvalue weighted by molar-refractivity contribution is 7.71. The van der Waals surface area contributed by atoms with Crippen molar-refractivity contribution in [3.8, 4) is 0 Å². The third kappa shape index (κ3) is 2.64. The second-order valence-corrected chi connectivity index (χ2v) is 3.21. The van der Waals surface area contributed by atoms with Crippen molar-refractivity contribution in [3.05, 3.63) is 10.6 Å². The van der Waals surface area contributed by atoms with Crippen LogP contribution in [0.2, 0.25) is 0 Å². The number of carbonyl (C=O) groups excluding carboxylic acids is 1. The van der Waals surface area contributed by atoms with Crippen LogP contribution in [0.1, 0.15) is 18.7 Å². The van der Waals surface area contributed by atoms with Crippen LogP contribution in [0.4, 0.5) is 0 Å². The molecule has 1 heterocycles. The summed E-state index contributed by atoms with van der Waals surface area (Å²) in [6.45, 7) is 0.359. The van der Waals surface area contributed by atoms with Crippen LogP contribution in [0, 0.1) is 4.77 Å². The minimum Gasteiger partial charge on any atom is -0.388 e. The Morgan fingerprint density at radius 2 is 2.43 bits per heavy atom. The normalized spacial score (nSPS) is 10.4. The minimum absolute atomic E-state index is 0.177. The summed E-state index contributed by atoms with van der Waals surface area (Å²) in [4.78, 5) is 10.5. The standard InChI is InChI=1S/C7H12N4O2S/c8-5(13)2-1-3-11-6(4-12)9-10-7(11)14/h12H,1-4H2,(H2,8,13)(H,10,14). The predicted molar refractivity (Wildman–Crippen MR) is 51.8 cm³/mol. The molecule has 7 heteroatoms. The first-order chi connectivity index (χ1) is 6.65. The number of nitrogens with two attached hydrogens (primary N) is 1. The van der Waals surface area contributed by atoms with E-state index in [9.17, 15) is 4.79 Å². The number of aliphatic hydroxyl groups excluding tert-OH is 1. The number of hydrogen-bond acceptors (Lipinski definition) is 4. The number of aromatic amines is 1. The summed E-state index contributed by atoms with van der Waals surface area (Å²) in [5.74, 6) is 0.130. The Morgan fingerprint density at radius 1 is 1.71 bits per heavy atom. The monoisotopic (exact) mass is 216 g/mol. The fourth-order valence-electron chi connectivity index (χ4n) is 1.11. The molecule has 0 fully saturated rings. The largest absolute Gasteiger partial charge is 0.388 e. The smallest absolute Gasteiger partial charge is 0.217 e. The zero-order chi connectivity index (χ0) is 10.6. The van der Waals surface area contributed by atoms with E-state index >= 15 is 0 Å². The van der Waals surface area contributed by atoms with E-state index < -0.39 is 0 Å². The number of primary amides is 1. The van der Waals surface area contributed by atoms with E-state index in [4.69, 9.17) is 23.1 Å². The van der Waals surface area contributed by atoms with Crippen molar-refractivity contribution in [2.45, 2.75) is 26.0 Å². The molecular weight excluding hydrogens is 204 g/mol. The topological polar surface area (TPSA) is 96.9 Å². The molecule has 0 aliphatic carbocycles. The van der Waals surface area contributed by atoms with Gasteiger partial charge in [0.1, 0.15) is 6.61 Å². The van der Waals surface area contributed by atoms with Crippen LogP contribution in [0.15, 0.2) is 0 Å². The number of hydrogen-bond donors (Lipinski definition) is 3. The summed E-state index contributed by atoms with van der Waals surface area (Å²) >= 11 is 4.94. The second-order valence-electron chi connectivity index (χ2n) is 2.82. The SMILES string of the molecule is NC(=O)CCCn1c(CO)n[nH]c1=S. The van der Waals surface area contributed by atoms with Gasteiger partial charge in [-0.3, -0.25) is 9.89 Å². The molecule has 0 aromatic carbocycles. The maximum absolute atomic E-state index is 10.5. The fourth-order valence-corrected chi connectivity index (χ4v) is 1.36. The molecule has 1 amide bonds. The van der Waals surface area contributed by atoms with Crippen LogP contribution in [0.25, 0.3) is 0 Å². The molecule has 0 unspecified atom stereocenters. The number of nitrogens with zero attached hydrogens (tertiary/aromatic N) is 2. The van der Waals surface area contributed by atoms with E-state index in [0.29, 0.717) is 30.0 Å². The first kappa shape index (κ1) is 10.9. The number of rotatable bonds is 5. The molecule has 0 aliphatic heterocycles. The van der Waals surface area contributed by atoms with Crippen molar-refractivity contribution in [2.24, 2.45) is 5.73 Å². The lowest BCUT2D eigenvalue weighted by Gasteiger charge is -2.02. The van der Waals surface area contributed by atoms with Crippen molar-refractivity contribution in [2.75, 3.05) is 0 Å². The van der Waals surface area contributed by atoms with Crippen molar-refractivity contribution >= 4 is 18.1 Å². The third-order valence-electron chi connectivity index (χ3n) is 1.78. The van der Waals surface area contributed by atoms with Crippen LogP contribution >= 0.6 is 12.2 Å². The second kappa shape index (κ2) is 4.87. The van der Waals surface area contributed by atoms with Gasteiger partial charge in [-0.05, 0) is 18.6 Å². The average Bonchev–Trinajstić information content (AvgIpc) is 2.47. The third-order valence-corrected chi connectivity index (χ3v) is 2.10. The van der Waals surface area contributed by atoms with Gasteiger partial charge in [-0.1, -0.05) is 0 Å². The first-order valence-corrected chi connectivity index (χ1v) is 4.59. The molecule has 0 radical (unpaired) electrons. The predicted octanol–water partition coefficient (Wildman–Crippen LogP) is -0.302. The van der Waals surface area contributed by atoms with E-state index in [1.807, 2.05) is 0 Å². The number of aliphatic hydroxyl groups is 1. The zero-order valence-corrected chi connectivity index (χ0v) is 8.38. The van der Waals surface area contributed by atoms with Crippen LogP contribution in [0.5, 0.6) is 0 Å². The van der Waals surface area contributed by atoms with Crippen molar-refractivity contribution in [3.63, 3.8) is 0 Å².